The molecule has 0 aliphatic carbocycles. The van der Waals surface area contributed by atoms with Crippen molar-refractivity contribution in [3.8, 4) is 22.6 Å². The van der Waals surface area contributed by atoms with Gasteiger partial charge in [-0.15, -0.1) is 0 Å². The Hall–Kier alpha value is -2.00. The summed E-state index contributed by atoms with van der Waals surface area (Å²) in [6.07, 6.45) is 0.926. The lowest BCUT2D eigenvalue weighted by atomic mass is 9.98. The molecule has 20 heavy (non-hydrogen) atoms. The molecule has 3 heteroatoms. The van der Waals surface area contributed by atoms with Gasteiger partial charge in [0.15, 0.2) is 11.5 Å². The van der Waals surface area contributed by atoms with Crippen LogP contribution in [0.3, 0.4) is 0 Å². The van der Waals surface area contributed by atoms with Gasteiger partial charge in [0.1, 0.15) is 0 Å². The molecule has 106 valence electrons. The standard InChI is InChI=1S/C17H21NO2/c1-4-15(18)14-7-5-6-12(10-14)13-8-9-16(19-2)17(11-13)20-3/h5-11,15H,4,18H2,1-3H3. The number of nitrogens with two attached hydrogens (primary N) is 1. The van der Waals surface area contributed by atoms with E-state index >= 15 is 0 Å². The van der Waals surface area contributed by atoms with Crippen LogP contribution in [0.25, 0.3) is 11.1 Å². The molecule has 2 rings (SSSR count). The Morgan fingerprint density at radius 1 is 0.950 bits per heavy atom. The van der Waals surface area contributed by atoms with Crippen LogP contribution in [0.4, 0.5) is 0 Å². The summed E-state index contributed by atoms with van der Waals surface area (Å²) in [7, 11) is 3.28. The molecule has 0 aliphatic heterocycles. The van der Waals surface area contributed by atoms with Crippen molar-refractivity contribution in [3.05, 3.63) is 48.0 Å². The predicted molar refractivity (Wildman–Crippen MR) is 82.2 cm³/mol. The molecule has 0 saturated heterocycles. The van der Waals surface area contributed by atoms with Crippen molar-refractivity contribution in [1.29, 1.82) is 0 Å². The molecule has 1 atom stereocenters. The lowest BCUT2D eigenvalue weighted by molar-refractivity contribution is 0.355. The van der Waals surface area contributed by atoms with Gasteiger partial charge in [0.2, 0.25) is 0 Å². The van der Waals surface area contributed by atoms with Crippen LogP contribution in [0.1, 0.15) is 24.9 Å². The first-order valence-corrected chi connectivity index (χ1v) is 6.77. The van der Waals surface area contributed by atoms with E-state index in [4.69, 9.17) is 15.2 Å². The average molecular weight is 271 g/mol. The minimum Gasteiger partial charge on any atom is -0.493 e. The molecule has 0 heterocycles. The van der Waals surface area contributed by atoms with Crippen LogP contribution in [-0.2, 0) is 0 Å². The van der Waals surface area contributed by atoms with Crippen molar-refractivity contribution < 1.29 is 9.47 Å². The van der Waals surface area contributed by atoms with Gasteiger partial charge in [-0.1, -0.05) is 31.2 Å². The number of hydrogen-bond donors (Lipinski definition) is 1. The third-order valence-electron chi connectivity index (χ3n) is 3.47. The summed E-state index contributed by atoms with van der Waals surface area (Å²) < 4.78 is 10.6. The number of benzene rings is 2. The summed E-state index contributed by atoms with van der Waals surface area (Å²) in [5.41, 5.74) is 9.47. The van der Waals surface area contributed by atoms with Crippen LogP contribution in [0.15, 0.2) is 42.5 Å². The van der Waals surface area contributed by atoms with E-state index < -0.39 is 0 Å². The fraction of sp³-hybridized carbons (Fsp3) is 0.294. The maximum absolute atomic E-state index is 6.10. The van der Waals surface area contributed by atoms with Crippen molar-refractivity contribution in [2.75, 3.05) is 14.2 Å². The lowest BCUT2D eigenvalue weighted by Crippen LogP contribution is -2.08. The molecule has 2 N–H and O–H groups in total. The van der Waals surface area contributed by atoms with Gasteiger partial charge in [0.25, 0.3) is 0 Å². The van der Waals surface area contributed by atoms with Gasteiger partial charge < -0.3 is 15.2 Å². The monoisotopic (exact) mass is 271 g/mol. The molecule has 0 saturated carbocycles. The second kappa shape index (κ2) is 6.44. The molecule has 0 aliphatic rings. The summed E-state index contributed by atoms with van der Waals surface area (Å²) in [5.74, 6) is 1.47. The largest absolute Gasteiger partial charge is 0.493 e. The van der Waals surface area contributed by atoms with Crippen LogP contribution in [0.5, 0.6) is 11.5 Å². The van der Waals surface area contributed by atoms with E-state index in [2.05, 4.69) is 25.1 Å². The zero-order valence-electron chi connectivity index (χ0n) is 12.2. The van der Waals surface area contributed by atoms with Gasteiger partial charge in [-0.25, -0.2) is 0 Å². The highest BCUT2D eigenvalue weighted by Crippen LogP contribution is 2.33. The maximum Gasteiger partial charge on any atom is 0.161 e. The number of ether oxygens (including phenoxy) is 2. The molecule has 2 aromatic carbocycles. The molecular weight excluding hydrogens is 250 g/mol. The molecule has 1 unspecified atom stereocenters. The van der Waals surface area contributed by atoms with Gasteiger partial charge in [0.05, 0.1) is 14.2 Å². The van der Waals surface area contributed by atoms with E-state index in [9.17, 15) is 0 Å². The van der Waals surface area contributed by atoms with Gasteiger partial charge in [-0.3, -0.25) is 0 Å². The first-order chi connectivity index (χ1) is 9.69. The van der Waals surface area contributed by atoms with Gasteiger partial charge in [-0.05, 0) is 41.3 Å². The first-order valence-electron chi connectivity index (χ1n) is 6.77. The molecular formula is C17H21NO2. The summed E-state index contributed by atoms with van der Waals surface area (Å²) in [6, 6.07) is 14.3. The van der Waals surface area contributed by atoms with E-state index in [1.54, 1.807) is 14.2 Å². The molecule has 0 spiro atoms. The number of rotatable bonds is 5. The third kappa shape index (κ3) is 2.94. The van der Waals surface area contributed by atoms with Gasteiger partial charge in [-0.2, -0.15) is 0 Å². The van der Waals surface area contributed by atoms with Crippen molar-refractivity contribution >= 4 is 0 Å². The van der Waals surface area contributed by atoms with E-state index in [1.165, 1.54) is 0 Å². The molecule has 0 bridgehead atoms. The fourth-order valence-corrected chi connectivity index (χ4v) is 2.20. The number of hydrogen-bond acceptors (Lipinski definition) is 3. The Labute approximate surface area is 120 Å². The normalized spacial score (nSPS) is 12.0. The zero-order chi connectivity index (χ0) is 14.5. The highest BCUT2D eigenvalue weighted by atomic mass is 16.5. The molecule has 0 aromatic heterocycles. The van der Waals surface area contributed by atoms with Gasteiger partial charge >= 0.3 is 0 Å². The smallest absolute Gasteiger partial charge is 0.161 e. The van der Waals surface area contributed by atoms with Crippen LogP contribution in [-0.4, -0.2) is 14.2 Å². The SMILES string of the molecule is CCC(N)c1cccc(-c2ccc(OC)c(OC)c2)c1. The van der Waals surface area contributed by atoms with E-state index in [-0.39, 0.29) is 6.04 Å². The van der Waals surface area contributed by atoms with Crippen molar-refractivity contribution in [2.24, 2.45) is 5.73 Å². The highest BCUT2D eigenvalue weighted by molar-refractivity contribution is 5.68. The molecule has 0 fully saturated rings. The molecule has 0 radical (unpaired) electrons. The van der Waals surface area contributed by atoms with Crippen LogP contribution >= 0.6 is 0 Å². The van der Waals surface area contributed by atoms with Crippen molar-refractivity contribution in [1.82, 2.24) is 0 Å². The quantitative estimate of drug-likeness (QED) is 0.900. The molecule has 2 aromatic rings. The fourth-order valence-electron chi connectivity index (χ4n) is 2.20. The molecule has 3 nitrogen and oxygen atoms in total. The third-order valence-corrected chi connectivity index (χ3v) is 3.47. The Balaban J connectivity index is 2.41. The summed E-state index contributed by atoms with van der Waals surface area (Å²) >= 11 is 0. The summed E-state index contributed by atoms with van der Waals surface area (Å²) in [4.78, 5) is 0. The van der Waals surface area contributed by atoms with Gasteiger partial charge in [0, 0.05) is 6.04 Å². The lowest BCUT2D eigenvalue weighted by Gasteiger charge is -2.13. The van der Waals surface area contributed by atoms with Crippen LogP contribution < -0.4 is 15.2 Å². The zero-order valence-corrected chi connectivity index (χ0v) is 12.2. The Bertz CT molecular complexity index is 581. The minimum atomic E-state index is 0.0788. The topological polar surface area (TPSA) is 44.5 Å². The maximum atomic E-state index is 6.10. The predicted octanol–water partition coefficient (Wildman–Crippen LogP) is 3.78. The van der Waals surface area contributed by atoms with E-state index in [0.29, 0.717) is 0 Å². The minimum absolute atomic E-state index is 0.0788. The van der Waals surface area contributed by atoms with Crippen molar-refractivity contribution in [3.63, 3.8) is 0 Å². The Morgan fingerprint density at radius 3 is 2.30 bits per heavy atom. The van der Waals surface area contributed by atoms with Crippen molar-refractivity contribution in [2.45, 2.75) is 19.4 Å². The highest BCUT2D eigenvalue weighted by Gasteiger charge is 2.08. The Kier molecular flexibility index (Phi) is 4.64. The summed E-state index contributed by atoms with van der Waals surface area (Å²) in [6.45, 7) is 2.09. The number of methoxy groups -OCH3 is 2. The average Bonchev–Trinajstić information content (AvgIpc) is 2.53. The Morgan fingerprint density at radius 2 is 1.65 bits per heavy atom. The summed E-state index contributed by atoms with van der Waals surface area (Å²) in [5, 5.41) is 0. The first kappa shape index (κ1) is 14.4. The van der Waals surface area contributed by atoms with E-state index in [1.807, 2.05) is 24.3 Å². The van der Waals surface area contributed by atoms with Crippen LogP contribution in [0.2, 0.25) is 0 Å². The molecule has 0 amide bonds. The van der Waals surface area contributed by atoms with E-state index in [0.717, 1.165) is 34.6 Å². The van der Waals surface area contributed by atoms with Crippen LogP contribution in [0, 0.1) is 0 Å². The second-order valence-electron chi connectivity index (χ2n) is 4.71. The second-order valence-corrected chi connectivity index (χ2v) is 4.71.